The van der Waals surface area contributed by atoms with Crippen LogP contribution in [0.5, 0.6) is 5.88 Å². The zero-order valence-corrected chi connectivity index (χ0v) is 9.71. The number of carbonyl (C=O) groups is 1. The van der Waals surface area contributed by atoms with Crippen molar-refractivity contribution < 1.29 is 19.4 Å². The highest BCUT2D eigenvalue weighted by Crippen LogP contribution is 2.11. The number of carboxylic acids is 1. The minimum absolute atomic E-state index is 0.0449. The SMILES string of the molecule is CCOc1cc(NC(COC)C(=O)O)ncn1. The molecule has 0 amide bonds. The highest BCUT2D eigenvalue weighted by atomic mass is 16.5. The summed E-state index contributed by atoms with van der Waals surface area (Å²) in [4.78, 5) is 18.7. The predicted molar refractivity (Wildman–Crippen MR) is 60.1 cm³/mol. The van der Waals surface area contributed by atoms with E-state index in [0.717, 1.165) is 0 Å². The third kappa shape index (κ3) is 4.23. The van der Waals surface area contributed by atoms with Crippen molar-refractivity contribution in [1.82, 2.24) is 9.97 Å². The van der Waals surface area contributed by atoms with Crippen molar-refractivity contribution in [2.24, 2.45) is 0 Å². The molecule has 94 valence electrons. The second kappa shape index (κ2) is 6.64. The van der Waals surface area contributed by atoms with E-state index in [1.807, 2.05) is 6.92 Å². The van der Waals surface area contributed by atoms with Crippen molar-refractivity contribution in [2.75, 3.05) is 25.6 Å². The number of nitrogens with one attached hydrogen (secondary N) is 1. The van der Waals surface area contributed by atoms with Crippen molar-refractivity contribution in [3.05, 3.63) is 12.4 Å². The monoisotopic (exact) mass is 241 g/mol. The van der Waals surface area contributed by atoms with E-state index >= 15 is 0 Å². The lowest BCUT2D eigenvalue weighted by Gasteiger charge is -2.14. The fourth-order valence-electron chi connectivity index (χ4n) is 1.17. The van der Waals surface area contributed by atoms with Crippen LogP contribution in [0, 0.1) is 0 Å². The zero-order valence-electron chi connectivity index (χ0n) is 9.71. The molecule has 0 aromatic carbocycles. The Hall–Kier alpha value is -1.89. The number of nitrogens with zero attached hydrogens (tertiary/aromatic N) is 2. The molecule has 0 aliphatic carbocycles. The third-order valence-corrected chi connectivity index (χ3v) is 1.89. The van der Waals surface area contributed by atoms with Crippen LogP contribution in [-0.4, -0.2) is 47.4 Å². The lowest BCUT2D eigenvalue weighted by Crippen LogP contribution is -2.33. The summed E-state index contributed by atoms with van der Waals surface area (Å²) >= 11 is 0. The summed E-state index contributed by atoms with van der Waals surface area (Å²) in [6.07, 6.45) is 1.30. The number of carboxylic acid groups (broad SMARTS) is 1. The first-order chi connectivity index (χ1) is 8.17. The van der Waals surface area contributed by atoms with Gasteiger partial charge in [0.1, 0.15) is 18.2 Å². The normalized spacial score (nSPS) is 11.9. The maximum atomic E-state index is 10.9. The molecule has 1 aromatic heterocycles. The summed E-state index contributed by atoms with van der Waals surface area (Å²) in [5, 5.41) is 11.6. The van der Waals surface area contributed by atoms with Crippen molar-refractivity contribution in [1.29, 1.82) is 0 Å². The molecule has 0 radical (unpaired) electrons. The predicted octanol–water partition coefficient (Wildman–Crippen LogP) is 0.387. The molecule has 7 nitrogen and oxygen atoms in total. The van der Waals surface area contributed by atoms with Gasteiger partial charge < -0.3 is 19.9 Å². The zero-order chi connectivity index (χ0) is 12.7. The van der Waals surface area contributed by atoms with E-state index < -0.39 is 12.0 Å². The minimum atomic E-state index is -1.01. The van der Waals surface area contributed by atoms with Crippen molar-refractivity contribution in [3.8, 4) is 5.88 Å². The molecule has 0 saturated heterocycles. The van der Waals surface area contributed by atoms with E-state index in [1.54, 1.807) is 0 Å². The Morgan fingerprint density at radius 2 is 2.35 bits per heavy atom. The number of methoxy groups -OCH3 is 1. The Morgan fingerprint density at radius 1 is 1.59 bits per heavy atom. The van der Waals surface area contributed by atoms with Gasteiger partial charge in [-0.3, -0.25) is 0 Å². The maximum absolute atomic E-state index is 10.9. The molecule has 17 heavy (non-hydrogen) atoms. The largest absolute Gasteiger partial charge is 0.480 e. The molecule has 0 aliphatic rings. The standard InChI is InChI=1S/C10H15N3O4/c1-3-17-9-4-8(11-6-12-9)13-7(5-16-2)10(14)15/h4,6-7H,3,5H2,1-2H3,(H,14,15)(H,11,12,13). The van der Waals surface area contributed by atoms with Crippen LogP contribution in [0.3, 0.4) is 0 Å². The molecular formula is C10H15N3O4. The molecular weight excluding hydrogens is 226 g/mol. The Balaban J connectivity index is 2.71. The molecule has 1 rings (SSSR count). The molecule has 0 fully saturated rings. The van der Waals surface area contributed by atoms with Crippen LogP contribution >= 0.6 is 0 Å². The Morgan fingerprint density at radius 3 is 2.94 bits per heavy atom. The highest BCUT2D eigenvalue weighted by molar-refractivity contribution is 5.77. The van der Waals surface area contributed by atoms with Gasteiger partial charge in [0.25, 0.3) is 0 Å². The van der Waals surface area contributed by atoms with Crippen molar-refractivity contribution >= 4 is 11.8 Å². The Bertz CT molecular complexity index is 372. The van der Waals surface area contributed by atoms with Gasteiger partial charge in [0, 0.05) is 13.2 Å². The van der Waals surface area contributed by atoms with Gasteiger partial charge in [-0.05, 0) is 6.92 Å². The average Bonchev–Trinajstić information content (AvgIpc) is 2.29. The molecule has 1 unspecified atom stereocenters. The van der Waals surface area contributed by atoms with Crippen LogP contribution in [0.25, 0.3) is 0 Å². The van der Waals surface area contributed by atoms with E-state index in [2.05, 4.69) is 15.3 Å². The molecule has 0 spiro atoms. The number of rotatable bonds is 7. The fourth-order valence-corrected chi connectivity index (χ4v) is 1.17. The van der Waals surface area contributed by atoms with Crippen LogP contribution in [0.2, 0.25) is 0 Å². The summed E-state index contributed by atoms with van der Waals surface area (Å²) in [5.74, 6) is -0.233. The fraction of sp³-hybridized carbons (Fsp3) is 0.500. The van der Waals surface area contributed by atoms with E-state index in [1.165, 1.54) is 19.5 Å². The van der Waals surface area contributed by atoms with Crippen molar-refractivity contribution in [3.63, 3.8) is 0 Å². The number of hydrogen-bond donors (Lipinski definition) is 2. The summed E-state index contributed by atoms with van der Waals surface area (Å²) in [6, 6.07) is 0.680. The van der Waals surface area contributed by atoms with Gasteiger partial charge in [-0.1, -0.05) is 0 Å². The van der Waals surface area contributed by atoms with Crippen LogP contribution in [0.1, 0.15) is 6.92 Å². The molecule has 1 heterocycles. The van der Waals surface area contributed by atoms with Gasteiger partial charge in [0.2, 0.25) is 5.88 Å². The van der Waals surface area contributed by atoms with Gasteiger partial charge in [-0.2, -0.15) is 0 Å². The molecule has 2 N–H and O–H groups in total. The van der Waals surface area contributed by atoms with E-state index in [9.17, 15) is 4.79 Å². The minimum Gasteiger partial charge on any atom is -0.480 e. The first-order valence-corrected chi connectivity index (χ1v) is 5.10. The number of ether oxygens (including phenoxy) is 2. The molecule has 7 heteroatoms. The number of hydrogen-bond acceptors (Lipinski definition) is 6. The second-order valence-corrected chi connectivity index (χ2v) is 3.17. The first kappa shape index (κ1) is 13.2. The van der Waals surface area contributed by atoms with E-state index in [4.69, 9.17) is 14.6 Å². The summed E-state index contributed by atoms with van der Waals surface area (Å²) in [7, 11) is 1.43. The lowest BCUT2D eigenvalue weighted by atomic mass is 10.3. The Labute approximate surface area is 98.8 Å². The number of aliphatic carboxylic acids is 1. The molecule has 0 saturated carbocycles. The molecule has 0 bridgehead atoms. The quantitative estimate of drug-likeness (QED) is 0.713. The summed E-state index contributed by atoms with van der Waals surface area (Å²) in [5.41, 5.74) is 0. The summed E-state index contributed by atoms with van der Waals surface area (Å²) in [6.45, 7) is 2.36. The second-order valence-electron chi connectivity index (χ2n) is 3.17. The van der Waals surface area contributed by atoms with Crippen LogP contribution in [0.4, 0.5) is 5.82 Å². The van der Waals surface area contributed by atoms with E-state index in [-0.39, 0.29) is 6.61 Å². The van der Waals surface area contributed by atoms with Crippen LogP contribution < -0.4 is 10.1 Å². The number of aromatic nitrogens is 2. The first-order valence-electron chi connectivity index (χ1n) is 5.10. The van der Waals surface area contributed by atoms with Gasteiger partial charge in [0.05, 0.1) is 13.2 Å². The Kier molecular flexibility index (Phi) is 5.15. The summed E-state index contributed by atoms with van der Waals surface area (Å²) < 4.78 is 9.98. The van der Waals surface area contributed by atoms with Gasteiger partial charge in [-0.25, -0.2) is 14.8 Å². The van der Waals surface area contributed by atoms with Crippen molar-refractivity contribution in [2.45, 2.75) is 13.0 Å². The maximum Gasteiger partial charge on any atom is 0.328 e. The van der Waals surface area contributed by atoms with Gasteiger partial charge in [-0.15, -0.1) is 0 Å². The van der Waals surface area contributed by atoms with Crippen LogP contribution in [0.15, 0.2) is 12.4 Å². The molecule has 0 aliphatic heterocycles. The smallest absolute Gasteiger partial charge is 0.328 e. The highest BCUT2D eigenvalue weighted by Gasteiger charge is 2.17. The lowest BCUT2D eigenvalue weighted by molar-refractivity contribution is -0.139. The van der Waals surface area contributed by atoms with Gasteiger partial charge in [0.15, 0.2) is 0 Å². The molecule has 1 aromatic rings. The van der Waals surface area contributed by atoms with Crippen LogP contribution in [-0.2, 0) is 9.53 Å². The van der Waals surface area contributed by atoms with E-state index in [0.29, 0.717) is 18.3 Å². The number of anilines is 1. The molecule has 1 atom stereocenters. The van der Waals surface area contributed by atoms with Gasteiger partial charge >= 0.3 is 5.97 Å². The third-order valence-electron chi connectivity index (χ3n) is 1.89. The average molecular weight is 241 g/mol. The topological polar surface area (TPSA) is 93.6 Å².